The van der Waals surface area contributed by atoms with Gasteiger partial charge in [0.25, 0.3) is 0 Å². The fourth-order valence-corrected chi connectivity index (χ4v) is 2.01. The van der Waals surface area contributed by atoms with Crippen LogP contribution in [0.3, 0.4) is 0 Å². The Labute approximate surface area is 119 Å². The Kier molecular flexibility index (Phi) is 4.62. The van der Waals surface area contributed by atoms with Crippen molar-refractivity contribution >= 4 is 27.7 Å². The highest BCUT2D eigenvalue weighted by molar-refractivity contribution is 7.12. The van der Waals surface area contributed by atoms with Gasteiger partial charge in [0, 0.05) is 0 Å². The Morgan fingerprint density at radius 2 is 1.95 bits per heavy atom. The molecule has 0 fully saturated rings. The number of benzene rings is 2. The molecular formula is C14H12N2O3S. The molecule has 0 saturated carbocycles. The summed E-state index contributed by atoms with van der Waals surface area (Å²) >= 11 is 1.25. The molecule has 0 bridgehead atoms. The number of aromatic nitrogens is 2. The van der Waals surface area contributed by atoms with Crippen LogP contribution in [0.25, 0.3) is 10.2 Å². The Hall–Kier alpha value is -2.47. The van der Waals surface area contributed by atoms with Gasteiger partial charge in [-0.3, -0.25) is 0 Å². The zero-order valence-corrected chi connectivity index (χ0v) is 11.5. The molecule has 5 nitrogen and oxygen atoms in total. The summed E-state index contributed by atoms with van der Waals surface area (Å²) in [6, 6.07) is 14.5. The normalized spacial score (nSPS) is 9.65. The standard InChI is InChI=1S/C7H4N2O2S.C7H8O/c10-7(11)4-1-2-6-5(3-4)8-9-12-6;1-8-7-5-3-2-4-6-7/h1-3H,(H,10,11);2-6H,1H3. The van der Waals surface area contributed by atoms with Crippen LogP contribution in [-0.2, 0) is 0 Å². The van der Waals surface area contributed by atoms with E-state index >= 15 is 0 Å². The first-order valence-corrected chi connectivity index (χ1v) is 6.52. The number of carbonyl (C=O) groups is 1. The number of hydrogen-bond acceptors (Lipinski definition) is 5. The van der Waals surface area contributed by atoms with Gasteiger partial charge in [0.2, 0.25) is 0 Å². The molecule has 0 aliphatic heterocycles. The Morgan fingerprint density at radius 3 is 2.55 bits per heavy atom. The summed E-state index contributed by atoms with van der Waals surface area (Å²) in [6.45, 7) is 0. The first kappa shape index (κ1) is 14.0. The van der Waals surface area contributed by atoms with E-state index in [1.165, 1.54) is 17.6 Å². The van der Waals surface area contributed by atoms with E-state index in [1.54, 1.807) is 19.2 Å². The Bertz CT molecular complexity index is 698. The molecule has 0 unspecified atom stereocenters. The summed E-state index contributed by atoms with van der Waals surface area (Å²) in [5, 5.41) is 12.4. The van der Waals surface area contributed by atoms with Gasteiger partial charge in [-0.15, -0.1) is 5.10 Å². The number of para-hydroxylation sites is 1. The minimum atomic E-state index is -0.940. The third kappa shape index (κ3) is 3.52. The molecule has 2 aromatic carbocycles. The van der Waals surface area contributed by atoms with Crippen LogP contribution in [0.5, 0.6) is 5.75 Å². The largest absolute Gasteiger partial charge is 0.497 e. The molecule has 0 atom stereocenters. The molecule has 0 saturated heterocycles. The second-order valence-electron chi connectivity index (χ2n) is 3.78. The summed E-state index contributed by atoms with van der Waals surface area (Å²) in [7, 11) is 1.66. The van der Waals surface area contributed by atoms with E-state index in [4.69, 9.17) is 9.84 Å². The molecule has 0 spiro atoms. The number of ether oxygens (including phenoxy) is 1. The van der Waals surface area contributed by atoms with Crippen molar-refractivity contribution in [3.63, 3.8) is 0 Å². The maximum atomic E-state index is 10.5. The van der Waals surface area contributed by atoms with Crippen molar-refractivity contribution in [1.82, 2.24) is 9.59 Å². The number of methoxy groups -OCH3 is 1. The van der Waals surface area contributed by atoms with Crippen LogP contribution in [0.15, 0.2) is 48.5 Å². The number of carboxylic acids is 1. The van der Waals surface area contributed by atoms with Crippen LogP contribution in [-0.4, -0.2) is 27.8 Å². The number of hydrogen-bond donors (Lipinski definition) is 1. The summed E-state index contributed by atoms with van der Waals surface area (Å²) in [5.41, 5.74) is 0.884. The van der Waals surface area contributed by atoms with Crippen molar-refractivity contribution in [2.75, 3.05) is 7.11 Å². The second kappa shape index (κ2) is 6.63. The first-order valence-electron chi connectivity index (χ1n) is 5.75. The molecule has 1 aromatic heterocycles. The lowest BCUT2D eigenvalue weighted by atomic mass is 10.2. The summed E-state index contributed by atoms with van der Waals surface area (Å²) < 4.78 is 9.52. The van der Waals surface area contributed by atoms with Crippen LogP contribution in [0, 0.1) is 0 Å². The molecule has 6 heteroatoms. The molecule has 0 radical (unpaired) electrons. The van der Waals surface area contributed by atoms with Gasteiger partial charge >= 0.3 is 5.97 Å². The number of nitrogens with zero attached hydrogens (tertiary/aromatic N) is 2. The van der Waals surface area contributed by atoms with Gasteiger partial charge in [-0.2, -0.15) is 0 Å². The van der Waals surface area contributed by atoms with E-state index < -0.39 is 5.97 Å². The number of carboxylic acid groups (broad SMARTS) is 1. The van der Waals surface area contributed by atoms with Gasteiger partial charge < -0.3 is 9.84 Å². The quantitative estimate of drug-likeness (QED) is 0.784. The fraction of sp³-hybridized carbons (Fsp3) is 0.0714. The van der Waals surface area contributed by atoms with Crippen molar-refractivity contribution in [2.24, 2.45) is 0 Å². The van der Waals surface area contributed by atoms with E-state index in [0.29, 0.717) is 5.52 Å². The van der Waals surface area contributed by atoms with E-state index in [9.17, 15) is 4.79 Å². The lowest BCUT2D eigenvalue weighted by molar-refractivity contribution is 0.0697. The molecule has 0 aliphatic carbocycles. The van der Waals surface area contributed by atoms with E-state index in [-0.39, 0.29) is 5.56 Å². The lowest BCUT2D eigenvalue weighted by Crippen LogP contribution is -1.94. The molecule has 1 N–H and O–H groups in total. The molecular weight excluding hydrogens is 276 g/mol. The van der Waals surface area contributed by atoms with Crippen LogP contribution in [0.4, 0.5) is 0 Å². The third-order valence-electron chi connectivity index (χ3n) is 2.47. The Morgan fingerprint density at radius 1 is 1.20 bits per heavy atom. The molecule has 1 heterocycles. The SMILES string of the molecule is COc1ccccc1.O=C(O)c1ccc2snnc2c1. The maximum Gasteiger partial charge on any atom is 0.335 e. The predicted octanol–water partition coefficient (Wildman–Crippen LogP) is 3.08. The minimum absolute atomic E-state index is 0.246. The minimum Gasteiger partial charge on any atom is -0.497 e. The molecule has 0 amide bonds. The number of aromatic carboxylic acids is 1. The summed E-state index contributed by atoms with van der Waals surface area (Å²) in [5.74, 6) is -0.0302. The monoisotopic (exact) mass is 288 g/mol. The van der Waals surface area contributed by atoms with Crippen LogP contribution in [0.2, 0.25) is 0 Å². The topological polar surface area (TPSA) is 72.3 Å². The average Bonchev–Trinajstić information content (AvgIpc) is 2.96. The zero-order valence-electron chi connectivity index (χ0n) is 10.7. The maximum absolute atomic E-state index is 10.5. The van der Waals surface area contributed by atoms with Crippen LogP contribution >= 0.6 is 11.5 Å². The smallest absolute Gasteiger partial charge is 0.335 e. The van der Waals surface area contributed by atoms with E-state index in [2.05, 4.69) is 9.59 Å². The fourth-order valence-electron chi connectivity index (χ4n) is 1.47. The van der Waals surface area contributed by atoms with Crippen molar-refractivity contribution in [2.45, 2.75) is 0 Å². The highest BCUT2D eigenvalue weighted by Gasteiger charge is 2.04. The molecule has 0 aliphatic rings. The van der Waals surface area contributed by atoms with Crippen molar-refractivity contribution in [3.8, 4) is 5.75 Å². The number of rotatable bonds is 2. The van der Waals surface area contributed by atoms with Crippen LogP contribution < -0.4 is 4.74 Å². The Balaban J connectivity index is 0.000000160. The zero-order chi connectivity index (χ0) is 14.4. The first-order chi connectivity index (χ1) is 9.70. The van der Waals surface area contributed by atoms with Gasteiger partial charge in [-0.05, 0) is 41.9 Å². The van der Waals surface area contributed by atoms with E-state index in [1.807, 2.05) is 30.3 Å². The van der Waals surface area contributed by atoms with Gasteiger partial charge in [-0.25, -0.2) is 4.79 Å². The van der Waals surface area contributed by atoms with Crippen molar-refractivity contribution < 1.29 is 14.6 Å². The molecule has 3 rings (SSSR count). The lowest BCUT2D eigenvalue weighted by Gasteiger charge is -1.93. The van der Waals surface area contributed by atoms with Gasteiger partial charge in [-0.1, -0.05) is 22.7 Å². The van der Waals surface area contributed by atoms with Gasteiger partial charge in [0.1, 0.15) is 11.3 Å². The van der Waals surface area contributed by atoms with Crippen LogP contribution in [0.1, 0.15) is 10.4 Å². The highest BCUT2D eigenvalue weighted by atomic mass is 32.1. The van der Waals surface area contributed by atoms with Crippen molar-refractivity contribution in [3.05, 3.63) is 54.1 Å². The highest BCUT2D eigenvalue weighted by Crippen LogP contribution is 2.16. The van der Waals surface area contributed by atoms with Gasteiger partial charge in [0.05, 0.1) is 17.4 Å². The molecule has 3 aromatic rings. The second-order valence-corrected chi connectivity index (χ2v) is 4.56. The van der Waals surface area contributed by atoms with E-state index in [0.717, 1.165) is 10.4 Å². The van der Waals surface area contributed by atoms with Crippen molar-refractivity contribution in [1.29, 1.82) is 0 Å². The number of fused-ring (bicyclic) bond motifs is 1. The summed E-state index contributed by atoms with van der Waals surface area (Å²) in [4.78, 5) is 10.5. The molecule has 102 valence electrons. The van der Waals surface area contributed by atoms with Gasteiger partial charge in [0.15, 0.2) is 0 Å². The third-order valence-corrected chi connectivity index (χ3v) is 3.18. The molecule has 20 heavy (non-hydrogen) atoms. The predicted molar refractivity (Wildman–Crippen MR) is 77.4 cm³/mol. The average molecular weight is 288 g/mol. The summed E-state index contributed by atoms with van der Waals surface area (Å²) in [6.07, 6.45) is 0.